The summed E-state index contributed by atoms with van der Waals surface area (Å²) < 4.78 is 0.770. The minimum atomic E-state index is -0.377. The van der Waals surface area contributed by atoms with E-state index >= 15 is 0 Å². The van der Waals surface area contributed by atoms with Gasteiger partial charge < -0.3 is 11.1 Å². The van der Waals surface area contributed by atoms with Crippen molar-refractivity contribution in [3.63, 3.8) is 0 Å². The van der Waals surface area contributed by atoms with Crippen LogP contribution in [0.2, 0.25) is 0 Å². The van der Waals surface area contributed by atoms with Crippen LogP contribution in [-0.2, 0) is 16.0 Å². The van der Waals surface area contributed by atoms with Gasteiger partial charge in [0, 0.05) is 9.75 Å². The molecule has 0 bridgehead atoms. The maximum Gasteiger partial charge on any atom is 0.231 e. The van der Waals surface area contributed by atoms with Gasteiger partial charge in [-0.1, -0.05) is 47.7 Å². The minimum Gasteiger partial charge on any atom is -0.369 e. The molecule has 0 unspecified atom stereocenters. The van der Waals surface area contributed by atoms with Crippen LogP contribution in [0.3, 0.4) is 0 Å². The van der Waals surface area contributed by atoms with Crippen molar-refractivity contribution < 1.29 is 9.59 Å². The monoisotopic (exact) mass is 431 g/mol. The summed E-state index contributed by atoms with van der Waals surface area (Å²) in [7, 11) is 0. The second kappa shape index (κ2) is 9.36. The highest BCUT2D eigenvalue weighted by molar-refractivity contribution is 8.01. The molecule has 1 aromatic carbocycles. The van der Waals surface area contributed by atoms with Gasteiger partial charge in [-0.2, -0.15) is 0 Å². The van der Waals surface area contributed by atoms with Gasteiger partial charge in [0.05, 0.1) is 23.9 Å². The van der Waals surface area contributed by atoms with Gasteiger partial charge in [-0.25, -0.2) is 4.98 Å². The second-order valence-corrected chi connectivity index (χ2v) is 9.63. The van der Waals surface area contributed by atoms with Gasteiger partial charge in [-0.3, -0.25) is 9.59 Å². The third kappa shape index (κ3) is 5.43. The fraction of sp³-hybridized carbons (Fsp3) is 0.250. The third-order valence-corrected chi connectivity index (χ3v) is 7.32. The number of nitrogens with one attached hydrogen (secondary N) is 1. The fourth-order valence-corrected chi connectivity index (χ4v) is 5.51. The summed E-state index contributed by atoms with van der Waals surface area (Å²) in [4.78, 5) is 30.1. The van der Waals surface area contributed by atoms with Crippen LogP contribution >= 0.6 is 34.4 Å². The number of carbonyl (C=O) groups is 2. The molecule has 0 spiro atoms. The Morgan fingerprint density at radius 3 is 2.61 bits per heavy atom. The second-order valence-electron chi connectivity index (χ2n) is 6.35. The molecule has 2 amide bonds. The lowest BCUT2D eigenvalue weighted by Gasteiger charge is -2.18. The van der Waals surface area contributed by atoms with Gasteiger partial charge in [0.2, 0.25) is 11.8 Å². The summed E-state index contributed by atoms with van der Waals surface area (Å²) in [5.74, 6) is -0.178. The molecule has 28 heavy (non-hydrogen) atoms. The van der Waals surface area contributed by atoms with Crippen LogP contribution in [0.15, 0.2) is 46.1 Å². The number of thioether (sulfide) groups is 1. The van der Waals surface area contributed by atoms with Gasteiger partial charge in [-0.15, -0.1) is 22.7 Å². The van der Waals surface area contributed by atoms with E-state index in [-0.39, 0.29) is 30.0 Å². The Balaban J connectivity index is 1.66. The number of carbonyl (C=O) groups excluding carboxylic acids is 2. The van der Waals surface area contributed by atoms with Crippen LogP contribution in [0.5, 0.6) is 0 Å². The molecule has 5 nitrogen and oxygen atoms in total. The molecular formula is C20H21N3O2S3. The van der Waals surface area contributed by atoms with Gasteiger partial charge in [0.1, 0.15) is 0 Å². The lowest BCUT2D eigenvalue weighted by Crippen LogP contribution is -2.30. The van der Waals surface area contributed by atoms with Crippen molar-refractivity contribution in [3.05, 3.63) is 68.4 Å². The van der Waals surface area contributed by atoms with E-state index in [0.29, 0.717) is 0 Å². The standard InChI is InChI=1S/C20H21N3O2S3/c1-12-5-7-14(8-6-12)19(15-4-3-9-26-15)23-18(25)11-27-20-22-13(2)16(28-20)10-17(21)24/h3-9,19H,10-11H2,1-2H3,(H2,21,24)(H,23,25)/t19-/m0/s1. The average Bonchev–Trinajstić information content (AvgIpc) is 3.29. The summed E-state index contributed by atoms with van der Waals surface area (Å²) in [5, 5.41) is 5.14. The highest BCUT2D eigenvalue weighted by atomic mass is 32.2. The number of hydrogen-bond acceptors (Lipinski definition) is 6. The Kier molecular flexibility index (Phi) is 6.88. The molecule has 3 rings (SSSR count). The van der Waals surface area contributed by atoms with E-state index in [1.807, 2.05) is 43.5 Å². The first kappa shape index (κ1) is 20.6. The zero-order valence-electron chi connectivity index (χ0n) is 15.6. The van der Waals surface area contributed by atoms with E-state index in [0.717, 1.165) is 25.4 Å². The molecule has 0 saturated carbocycles. The smallest absolute Gasteiger partial charge is 0.231 e. The van der Waals surface area contributed by atoms with Crippen molar-refractivity contribution in [1.82, 2.24) is 10.3 Å². The van der Waals surface area contributed by atoms with Gasteiger partial charge in [-0.05, 0) is 30.9 Å². The molecule has 3 aromatic rings. The molecule has 8 heteroatoms. The molecule has 2 aromatic heterocycles. The van der Waals surface area contributed by atoms with Crippen LogP contribution < -0.4 is 11.1 Å². The zero-order chi connectivity index (χ0) is 20.1. The predicted octanol–water partition coefficient (Wildman–Crippen LogP) is 3.85. The Hall–Kier alpha value is -2.16. The lowest BCUT2D eigenvalue weighted by molar-refractivity contribution is -0.119. The van der Waals surface area contributed by atoms with Crippen molar-refractivity contribution in [1.29, 1.82) is 0 Å². The number of nitrogens with zero attached hydrogens (tertiary/aromatic N) is 1. The number of hydrogen-bond donors (Lipinski definition) is 2. The summed E-state index contributed by atoms with van der Waals surface area (Å²) in [6.45, 7) is 3.89. The third-order valence-electron chi connectivity index (χ3n) is 4.08. The zero-order valence-corrected chi connectivity index (χ0v) is 18.0. The number of primary amides is 1. The Bertz CT molecular complexity index is 950. The molecule has 0 aliphatic carbocycles. The summed E-state index contributed by atoms with van der Waals surface area (Å²) >= 11 is 4.41. The molecule has 3 N–H and O–H groups in total. The van der Waals surface area contributed by atoms with E-state index in [9.17, 15) is 9.59 Å². The van der Waals surface area contributed by atoms with Crippen LogP contribution in [-0.4, -0.2) is 22.6 Å². The molecule has 0 aliphatic heterocycles. The Morgan fingerprint density at radius 2 is 1.96 bits per heavy atom. The van der Waals surface area contributed by atoms with E-state index in [1.165, 1.54) is 28.7 Å². The molecule has 0 saturated heterocycles. The van der Waals surface area contributed by atoms with E-state index < -0.39 is 0 Å². The van der Waals surface area contributed by atoms with E-state index in [4.69, 9.17) is 5.73 Å². The van der Waals surface area contributed by atoms with Crippen molar-refractivity contribution in [2.75, 3.05) is 5.75 Å². The number of amides is 2. The van der Waals surface area contributed by atoms with Crippen molar-refractivity contribution >= 4 is 46.2 Å². The number of thiophene rings is 1. The van der Waals surface area contributed by atoms with Crippen LogP contribution in [0.4, 0.5) is 0 Å². The maximum absolute atomic E-state index is 12.6. The highest BCUT2D eigenvalue weighted by Crippen LogP contribution is 2.29. The largest absolute Gasteiger partial charge is 0.369 e. The number of benzene rings is 1. The lowest BCUT2D eigenvalue weighted by atomic mass is 10.0. The average molecular weight is 432 g/mol. The first-order valence-corrected chi connectivity index (χ1v) is 11.4. The summed E-state index contributed by atoms with van der Waals surface area (Å²) in [6.07, 6.45) is 0.185. The van der Waals surface area contributed by atoms with Gasteiger partial charge >= 0.3 is 0 Å². The van der Waals surface area contributed by atoms with E-state index in [1.54, 1.807) is 11.3 Å². The van der Waals surface area contributed by atoms with Gasteiger partial charge in [0.15, 0.2) is 4.34 Å². The van der Waals surface area contributed by atoms with Crippen molar-refractivity contribution in [2.24, 2.45) is 5.73 Å². The predicted molar refractivity (Wildman–Crippen MR) is 116 cm³/mol. The Labute approximate surface area is 176 Å². The normalized spacial score (nSPS) is 11.9. The summed E-state index contributed by atoms with van der Waals surface area (Å²) in [5.41, 5.74) is 8.29. The molecule has 1 atom stereocenters. The molecule has 0 fully saturated rings. The van der Waals surface area contributed by atoms with Crippen LogP contribution in [0.1, 0.15) is 32.6 Å². The number of thiazole rings is 1. The summed E-state index contributed by atoms with van der Waals surface area (Å²) in [6, 6.07) is 12.0. The molecule has 146 valence electrons. The minimum absolute atomic E-state index is 0.0618. The highest BCUT2D eigenvalue weighted by Gasteiger charge is 2.19. The first-order valence-electron chi connectivity index (χ1n) is 8.69. The van der Waals surface area contributed by atoms with Crippen molar-refractivity contribution in [3.8, 4) is 0 Å². The quantitative estimate of drug-likeness (QED) is 0.531. The molecular weight excluding hydrogens is 410 g/mol. The Morgan fingerprint density at radius 1 is 1.21 bits per heavy atom. The van der Waals surface area contributed by atoms with E-state index in [2.05, 4.69) is 22.4 Å². The van der Waals surface area contributed by atoms with Crippen molar-refractivity contribution in [2.45, 2.75) is 30.6 Å². The van der Waals surface area contributed by atoms with Crippen LogP contribution in [0, 0.1) is 13.8 Å². The van der Waals surface area contributed by atoms with Crippen LogP contribution in [0.25, 0.3) is 0 Å². The number of aryl methyl sites for hydroxylation is 2. The first-order chi connectivity index (χ1) is 13.4. The molecule has 0 aliphatic rings. The number of rotatable bonds is 8. The topological polar surface area (TPSA) is 85.1 Å². The number of aromatic nitrogens is 1. The van der Waals surface area contributed by atoms with Gasteiger partial charge in [0.25, 0.3) is 0 Å². The SMILES string of the molecule is Cc1ccc([C@H](NC(=O)CSc2nc(C)c(CC(N)=O)s2)c2cccs2)cc1. The fourth-order valence-electron chi connectivity index (χ4n) is 2.65. The number of nitrogens with two attached hydrogens (primary N) is 1. The molecule has 0 radical (unpaired) electrons. The maximum atomic E-state index is 12.6. The molecule has 2 heterocycles.